The average molecular weight is 202 g/mol. The van der Waals surface area contributed by atoms with E-state index in [1.165, 1.54) is 12.2 Å². The molecule has 0 N–H and O–H groups in total. The Morgan fingerprint density at radius 1 is 1.00 bits per heavy atom. The second-order valence-electron chi connectivity index (χ2n) is 3.22. The summed E-state index contributed by atoms with van der Waals surface area (Å²) in [5.41, 5.74) is 3.58. The normalized spacial score (nSPS) is 9.00. The topological polar surface area (TPSA) is 58.9 Å². The molecule has 4 heteroatoms. The smallest absolute Gasteiger partial charge is 0.211 e. The van der Waals surface area contributed by atoms with Crippen molar-refractivity contribution >= 4 is 23.5 Å². The molecule has 1 aromatic rings. The Labute approximate surface area is 87.4 Å². The molecule has 0 fully saturated rings. The van der Waals surface area contributed by atoms with Crippen LogP contribution in [-0.4, -0.2) is 12.2 Å². The van der Waals surface area contributed by atoms with Gasteiger partial charge in [0, 0.05) is 0 Å². The van der Waals surface area contributed by atoms with E-state index >= 15 is 0 Å². The van der Waals surface area contributed by atoms with Crippen LogP contribution in [0.5, 0.6) is 0 Å². The highest BCUT2D eigenvalue weighted by Crippen LogP contribution is 2.34. The van der Waals surface area contributed by atoms with Crippen molar-refractivity contribution in [1.29, 1.82) is 0 Å². The zero-order chi connectivity index (χ0) is 11.4. The number of aryl methyl sites for hydroxylation is 1. The Kier molecular flexibility index (Phi) is 3.29. The molecule has 0 saturated heterocycles. The van der Waals surface area contributed by atoms with Crippen molar-refractivity contribution in [2.24, 2.45) is 9.98 Å². The summed E-state index contributed by atoms with van der Waals surface area (Å²) in [4.78, 5) is 27.5. The molecule has 0 aliphatic heterocycles. The quantitative estimate of drug-likeness (QED) is 0.546. The molecule has 1 aromatic carbocycles. The number of hydrogen-bond acceptors (Lipinski definition) is 4. The minimum atomic E-state index is 0.356. The first-order valence-corrected chi connectivity index (χ1v) is 4.38. The highest BCUT2D eigenvalue weighted by molar-refractivity contribution is 5.73. The van der Waals surface area contributed by atoms with E-state index in [1.807, 2.05) is 20.8 Å². The van der Waals surface area contributed by atoms with Gasteiger partial charge in [-0.05, 0) is 43.5 Å². The summed E-state index contributed by atoms with van der Waals surface area (Å²) in [6, 6.07) is 1.70. The molecule has 4 nitrogen and oxygen atoms in total. The van der Waals surface area contributed by atoms with Crippen molar-refractivity contribution in [2.75, 3.05) is 0 Å². The highest BCUT2D eigenvalue weighted by Gasteiger charge is 2.09. The molecule has 1 rings (SSSR count). The third-order valence-corrected chi connectivity index (χ3v) is 2.43. The van der Waals surface area contributed by atoms with E-state index in [0.717, 1.165) is 16.7 Å². The summed E-state index contributed by atoms with van der Waals surface area (Å²) >= 11 is 0. The van der Waals surface area contributed by atoms with Crippen LogP contribution in [0.15, 0.2) is 16.1 Å². The third-order valence-electron chi connectivity index (χ3n) is 2.43. The number of nitrogens with zero attached hydrogens (tertiary/aromatic N) is 2. The van der Waals surface area contributed by atoms with Gasteiger partial charge in [-0.2, -0.15) is 9.98 Å². The maximum Gasteiger partial charge on any atom is 0.240 e. The number of aliphatic imine (C=N–C) groups is 2. The van der Waals surface area contributed by atoms with Crippen LogP contribution in [0.4, 0.5) is 11.4 Å². The fourth-order valence-corrected chi connectivity index (χ4v) is 1.37. The Morgan fingerprint density at radius 2 is 1.60 bits per heavy atom. The van der Waals surface area contributed by atoms with Gasteiger partial charge in [0.05, 0.1) is 0 Å². The van der Waals surface area contributed by atoms with Gasteiger partial charge in [0.1, 0.15) is 11.4 Å². The lowest BCUT2D eigenvalue weighted by Crippen LogP contribution is -1.87. The zero-order valence-corrected chi connectivity index (χ0v) is 8.79. The average Bonchev–Trinajstić information content (AvgIpc) is 2.21. The largest absolute Gasteiger partial charge is 0.240 e. The van der Waals surface area contributed by atoms with Crippen LogP contribution in [0.1, 0.15) is 16.7 Å². The number of isocyanates is 2. The molecule has 0 heterocycles. The maximum atomic E-state index is 10.2. The molecule has 0 bridgehead atoms. The lowest BCUT2D eigenvalue weighted by atomic mass is 10.0. The van der Waals surface area contributed by atoms with Gasteiger partial charge >= 0.3 is 0 Å². The molecule has 0 aromatic heterocycles. The van der Waals surface area contributed by atoms with Crippen molar-refractivity contribution in [3.8, 4) is 0 Å². The summed E-state index contributed by atoms with van der Waals surface area (Å²) in [6.45, 7) is 5.64. The molecule has 76 valence electrons. The van der Waals surface area contributed by atoms with Crippen LogP contribution in [-0.2, 0) is 9.59 Å². The van der Waals surface area contributed by atoms with Crippen molar-refractivity contribution < 1.29 is 9.59 Å². The monoisotopic (exact) mass is 202 g/mol. The Hall–Kier alpha value is -2.02. The SMILES string of the molecule is Cc1cc(N=C=O)c(N=C=O)c(C)c1C. The minimum absolute atomic E-state index is 0.356. The second-order valence-corrected chi connectivity index (χ2v) is 3.22. The predicted molar refractivity (Wildman–Crippen MR) is 56.2 cm³/mol. The fourth-order valence-electron chi connectivity index (χ4n) is 1.37. The Balaban J connectivity index is 3.64. The van der Waals surface area contributed by atoms with E-state index in [2.05, 4.69) is 9.98 Å². The van der Waals surface area contributed by atoms with Crippen LogP contribution in [0.2, 0.25) is 0 Å². The number of carbonyl (C=O) groups excluding carboxylic acids is 2. The molecular formula is C11H10N2O2. The van der Waals surface area contributed by atoms with Gasteiger partial charge < -0.3 is 0 Å². The van der Waals surface area contributed by atoms with Gasteiger partial charge in [0.15, 0.2) is 0 Å². The van der Waals surface area contributed by atoms with Crippen LogP contribution in [0.3, 0.4) is 0 Å². The minimum Gasteiger partial charge on any atom is -0.211 e. The van der Waals surface area contributed by atoms with E-state index in [4.69, 9.17) is 0 Å². The van der Waals surface area contributed by atoms with Crippen LogP contribution < -0.4 is 0 Å². The molecular weight excluding hydrogens is 192 g/mol. The van der Waals surface area contributed by atoms with Crippen LogP contribution in [0.25, 0.3) is 0 Å². The molecule has 0 aliphatic carbocycles. The zero-order valence-electron chi connectivity index (χ0n) is 8.79. The second kappa shape index (κ2) is 4.47. The lowest BCUT2D eigenvalue weighted by Gasteiger charge is -2.08. The van der Waals surface area contributed by atoms with Crippen molar-refractivity contribution in [3.63, 3.8) is 0 Å². The van der Waals surface area contributed by atoms with Crippen LogP contribution >= 0.6 is 0 Å². The molecule has 0 aliphatic rings. The van der Waals surface area contributed by atoms with Crippen molar-refractivity contribution in [1.82, 2.24) is 0 Å². The van der Waals surface area contributed by atoms with Gasteiger partial charge in [0.2, 0.25) is 12.2 Å². The first-order chi connectivity index (χ1) is 7.11. The third kappa shape index (κ3) is 2.08. The van der Waals surface area contributed by atoms with E-state index in [-0.39, 0.29) is 0 Å². The van der Waals surface area contributed by atoms with E-state index < -0.39 is 0 Å². The molecule has 15 heavy (non-hydrogen) atoms. The van der Waals surface area contributed by atoms with E-state index in [0.29, 0.717) is 11.4 Å². The van der Waals surface area contributed by atoms with Crippen LogP contribution in [0, 0.1) is 20.8 Å². The van der Waals surface area contributed by atoms with Gasteiger partial charge in [-0.1, -0.05) is 0 Å². The van der Waals surface area contributed by atoms with Gasteiger partial charge in [0.25, 0.3) is 0 Å². The maximum absolute atomic E-state index is 10.2. The molecule has 0 saturated carbocycles. The summed E-state index contributed by atoms with van der Waals surface area (Å²) in [5, 5.41) is 0. The molecule has 0 amide bonds. The van der Waals surface area contributed by atoms with Crippen molar-refractivity contribution in [2.45, 2.75) is 20.8 Å². The standard InChI is InChI=1S/C11H10N2O2/c1-7-4-10(12-5-14)11(13-6-15)9(3)8(7)2/h4H,1-3H3. The molecule has 0 unspecified atom stereocenters. The summed E-state index contributed by atoms with van der Waals surface area (Å²) in [7, 11) is 0. The highest BCUT2D eigenvalue weighted by atomic mass is 16.1. The van der Waals surface area contributed by atoms with Gasteiger partial charge in [-0.3, -0.25) is 0 Å². The lowest BCUT2D eigenvalue weighted by molar-refractivity contribution is 0.564. The number of benzene rings is 1. The first kappa shape index (κ1) is 11.1. The Morgan fingerprint density at radius 3 is 2.13 bits per heavy atom. The molecule has 0 radical (unpaired) electrons. The fraction of sp³-hybridized carbons (Fsp3) is 0.273. The number of hydrogen-bond donors (Lipinski definition) is 0. The van der Waals surface area contributed by atoms with E-state index in [1.54, 1.807) is 6.07 Å². The predicted octanol–water partition coefficient (Wildman–Crippen LogP) is 2.55. The Bertz CT molecular complexity index is 494. The summed E-state index contributed by atoms with van der Waals surface area (Å²) in [5.74, 6) is 0. The van der Waals surface area contributed by atoms with Gasteiger partial charge in [-0.15, -0.1) is 0 Å². The number of rotatable bonds is 2. The molecule has 0 atom stereocenters. The first-order valence-electron chi connectivity index (χ1n) is 4.38. The van der Waals surface area contributed by atoms with E-state index in [9.17, 15) is 9.59 Å². The summed E-state index contributed by atoms with van der Waals surface area (Å²) < 4.78 is 0. The summed E-state index contributed by atoms with van der Waals surface area (Å²) in [6.07, 6.45) is 2.90. The molecule has 0 spiro atoms. The van der Waals surface area contributed by atoms with Crippen molar-refractivity contribution in [3.05, 3.63) is 22.8 Å². The van der Waals surface area contributed by atoms with Gasteiger partial charge in [-0.25, -0.2) is 9.59 Å².